The molecule has 0 saturated heterocycles. The van der Waals surface area contributed by atoms with Crippen molar-refractivity contribution in [2.45, 2.75) is 38.0 Å². The maximum absolute atomic E-state index is 5.83. The lowest BCUT2D eigenvalue weighted by Crippen LogP contribution is -2.31. The van der Waals surface area contributed by atoms with Crippen molar-refractivity contribution in [1.29, 1.82) is 0 Å². The zero-order valence-electron chi connectivity index (χ0n) is 7.35. The van der Waals surface area contributed by atoms with Gasteiger partial charge < -0.3 is 15.0 Å². The van der Waals surface area contributed by atoms with E-state index in [1.54, 1.807) is 0 Å². The fraction of sp³-hybridized carbons (Fsp3) is 0.750. The zero-order valence-corrected chi connectivity index (χ0v) is 7.35. The van der Waals surface area contributed by atoms with Gasteiger partial charge in [-0.25, -0.2) is 0 Å². The molecule has 0 radical (unpaired) electrons. The van der Waals surface area contributed by atoms with Crippen molar-refractivity contribution in [3.8, 4) is 0 Å². The summed E-state index contributed by atoms with van der Waals surface area (Å²) < 4.78 is 10.1. The highest BCUT2D eigenvalue weighted by Gasteiger charge is 2.24. The topological polar surface area (TPSA) is 74.2 Å². The Morgan fingerprint density at radius 1 is 1.62 bits per heavy atom. The van der Waals surface area contributed by atoms with Gasteiger partial charge >= 0.3 is 0 Å². The van der Waals surface area contributed by atoms with Gasteiger partial charge in [0.05, 0.1) is 6.10 Å². The molecule has 0 bridgehead atoms. The standard InChI is InChI=1S/C8H13N3O2/c9-6-2-1-3-7(6)12-4-8-10-5-13-11-8/h5-7H,1-4,9H2. The fourth-order valence-electron chi connectivity index (χ4n) is 1.60. The van der Waals surface area contributed by atoms with Crippen molar-refractivity contribution in [2.75, 3.05) is 0 Å². The number of hydrogen-bond donors (Lipinski definition) is 1. The van der Waals surface area contributed by atoms with Gasteiger partial charge in [0.2, 0.25) is 6.39 Å². The van der Waals surface area contributed by atoms with Crippen LogP contribution in [-0.2, 0) is 11.3 Å². The highest BCUT2D eigenvalue weighted by Crippen LogP contribution is 2.20. The van der Waals surface area contributed by atoms with Crippen LogP contribution in [0.3, 0.4) is 0 Å². The van der Waals surface area contributed by atoms with Crippen LogP contribution in [-0.4, -0.2) is 22.3 Å². The molecular formula is C8H13N3O2. The first-order valence-corrected chi connectivity index (χ1v) is 4.48. The number of rotatable bonds is 3. The summed E-state index contributed by atoms with van der Waals surface area (Å²) in [6.45, 7) is 0.398. The van der Waals surface area contributed by atoms with Gasteiger partial charge in [0.25, 0.3) is 0 Å². The van der Waals surface area contributed by atoms with Crippen molar-refractivity contribution in [3.63, 3.8) is 0 Å². The van der Waals surface area contributed by atoms with Gasteiger partial charge in [-0.3, -0.25) is 0 Å². The molecule has 1 aromatic rings. The van der Waals surface area contributed by atoms with Gasteiger partial charge in [-0.1, -0.05) is 5.16 Å². The molecule has 2 N–H and O–H groups in total. The second kappa shape index (κ2) is 3.85. The molecule has 0 aromatic carbocycles. The van der Waals surface area contributed by atoms with Crippen LogP contribution in [0.2, 0.25) is 0 Å². The van der Waals surface area contributed by atoms with E-state index >= 15 is 0 Å². The molecular weight excluding hydrogens is 170 g/mol. The summed E-state index contributed by atoms with van der Waals surface area (Å²) in [5.74, 6) is 0.583. The Balaban J connectivity index is 1.79. The van der Waals surface area contributed by atoms with Crippen LogP contribution in [0.1, 0.15) is 25.1 Å². The monoisotopic (exact) mass is 183 g/mol. The Morgan fingerprint density at radius 2 is 2.54 bits per heavy atom. The van der Waals surface area contributed by atoms with E-state index < -0.39 is 0 Å². The van der Waals surface area contributed by atoms with Crippen molar-refractivity contribution in [2.24, 2.45) is 5.73 Å². The van der Waals surface area contributed by atoms with Crippen LogP contribution >= 0.6 is 0 Å². The van der Waals surface area contributed by atoms with Crippen LogP contribution in [0.15, 0.2) is 10.9 Å². The normalized spacial score (nSPS) is 28.1. The number of ether oxygens (including phenoxy) is 1. The third-order valence-electron chi connectivity index (χ3n) is 2.34. The van der Waals surface area contributed by atoms with E-state index in [1.807, 2.05) is 0 Å². The van der Waals surface area contributed by atoms with E-state index in [1.165, 1.54) is 6.39 Å². The summed E-state index contributed by atoms with van der Waals surface area (Å²) in [5, 5.41) is 3.65. The van der Waals surface area contributed by atoms with Crippen LogP contribution in [0.25, 0.3) is 0 Å². The van der Waals surface area contributed by atoms with Crippen molar-refractivity contribution >= 4 is 0 Å². The molecule has 13 heavy (non-hydrogen) atoms. The summed E-state index contributed by atoms with van der Waals surface area (Å²) in [6.07, 6.45) is 4.71. The number of hydrogen-bond acceptors (Lipinski definition) is 5. The Hall–Kier alpha value is -0.940. The Bertz CT molecular complexity index is 250. The minimum Gasteiger partial charge on any atom is -0.368 e. The van der Waals surface area contributed by atoms with Gasteiger partial charge in [-0.15, -0.1) is 0 Å². The molecule has 1 saturated carbocycles. The van der Waals surface area contributed by atoms with Crippen LogP contribution in [0.4, 0.5) is 0 Å². The van der Waals surface area contributed by atoms with Crippen LogP contribution in [0.5, 0.6) is 0 Å². The van der Waals surface area contributed by atoms with E-state index in [2.05, 4.69) is 14.7 Å². The Kier molecular flexibility index (Phi) is 2.56. The SMILES string of the molecule is NC1CCCC1OCc1ncon1. The maximum atomic E-state index is 5.83. The second-order valence-corrected chi connectivity index (χ2v) is 3.29. The van der Waals surface area contributed by atoms with Gasteiger partial charge in [0.1, 0.15) is 6.61 Å². The van der Waals surface area contributed by atoms with E-state index in [0.717, 1.165) is 19.3 Å². The van der Waals surface area contributed by atoms with Crippen molar-refractivity contribution < 1.29 is 9.26 Å². The first-order valence-electron chi connectivity index (χ1n) is 4.48. The molecule has 1 fully saturated rings. The molecule has 2 atom stereocenters. The lowest BCUT2D eigenvalue weighted by atomic mass is 10.2. The van der Waals surface area contributed by atoms with Gasteiger partial charge in [-0.2, -0.15) is 4.98 Å². The van der Waals surface area contributed by atoms with Crippen LogP contribution in [0, 0.1) is 0 Å². The molecule has 1 aliphatic rings. The number of nitrogens with zero attached hydrogens (tertiary/aromatic N) is 2. The van der Waals surface area contributed by atoms with E-state index in [9.17, 15) is 0 Å². The minimum absolute atomic E-state index is 0.165. The molecule has 0 aliphatic heterocycles. The van der Waals surface area contributed by atoms with E-state index in [-0.39, 0.29) is 12.1 Å². The maximum Gasteiger partial charge on any atom is 0.213 e. The summed E-state index contributed by atoms with van der Waals surface area (Å²) >= 11 is 0. The first kappa shape index (κ1) is 8.65. The summed E-state index contributed by atoms with van der Waals surface area (Å²) in [4.78, 5) is 3.86. The largest absolute Gasteiger partial charge is 0.368 e. The molecule has 72 valence electrons. The molecule has 1 aromatic heterocycles. The highest BCUT2D eigenvalue weighted by molar-refractivity contribution is 4.82. The summed E-state index contributed by atoms with van der Waals surface area (Å²) in [7, 11) is 0. The number of aromatic nitrogens is 2. The molecule has 2 unspecified atom stereocenters. The molecule has 0 amide bonds. The lowest BCUT2D eigenvalue weighted by molar-refractivity contribution is 0.0310. The van der Waals surface area contributed by atoms with Crippen molar-refractivity contribution in [3.05, 3.63) is 12.2 Å². The zero-order chi connectivity index (χ0) is 9.10. The second-order valence-electron chi connectivity index (χ2n) is 3.29. The molecule has 5 heteroatoms. The average molecular weight is 183 g/mol. The lowest BCUT2D eigenvalue weighted by Gasteiger charge is -2.14. The molecule has 0 spiro atoms. The molecule has 5 nitrogen and oxygen atoms in total. The van der Waals surface area contributed by atoms with E-state index in [4.69, 9.17) is 10.5 Å². The van der Waals surface area contributed by atoms with Gasteiger partial charge in [-0.05, 0) is 19.3 Å². The average Bonchev–Trinajstić information content (AvgIpc) is 2.72. The predicted octanol–water partition coefficient (Wildman–Crippen LogP) is 0.466. The minimum atomic E-state index is 0.165. The Morgan fingerprint density at radius 3 is 3.15 bits per heavy atom. The Labute approximate surface area is 76.3 Å². The highest BCUT2D eigenvalue weighted by atomic mass is 16.5. The third kappa shape index (κ3) is 2.05. The smallest absolute Gasteiger partial charge is 0.213 e. The van der Waals surface area contributed by atoms with Crippen molar-refractivity contribution in [1.82, 2.24) is 10.1 Å². The predicted molar refractivity (Wildman–Crippen MR) is 44.7 cm³/mol. The summed E-state index contributed by atoms with van der Waals surface area (Å²) in [6, 6.07) is 0.173. The molecule has 1 aliphatic carbocycles. The molecule has 1 heterocycles. The van der Waals surface area contributed by atoms with Gasteiger partial charge in [0, 0.05) is 6.04 Å². The van der Waals surface area contributed by atoms with E-state index in [0.29, 0.717) is 12.4 Å². The first-order chi connectivity index (χ1) is 6.36. The fourth-order valence-corrected chi connectivity index (χ4v) is 1.60. The van der Waals surface area contributed by atoms with Gasteiger partial charge in [0.15, 0.2) is 5.82 Å². The quantitative estimate of drug-likeness (QED) is 0.737. The third-order valence-corrected chi connectivity index (χ3v) is 2.34. The van der Waals surface area contributed by atoms with Crippen LogP contribution < -0.4 is 5.73 Å². The number of nitrogens with two attached hydrogens (primary N) is 1. The summed E-state index contributed by atoms with van der Waals surface area (Å²) in [5.41, 5.74) is 5.83. The molecule has 2 rings (SSSR count).